The van der Waals surface area contributed by atoms with Gasteiger partial charge in [0.2, 0.25) is 5.91 Å². The van der Waals surface area contributed by atoms with Crippen LogP contribution in [0.15, 0.2) is 24.3 Å². The molecular formula is C21H30FN3O3. The highest BCUT2D eigenvalue weighted by molar-refractivity contribution is 5.78. The molecule has 0 bridgehead atoms. The van der Waals surface area contributed by atoms with Crippen molar-refractivity contribution in [3.8, 4) is 0 Å². The molecule has 7 heteroatoms. The summed E-state index contributed by atoms with van der Waals surface area (Å²) in [5, 5.41) is 0. The number of likely N-dealkylation sites (N-methyl/N-ethyl adjacent to an activating group) is 1. The minimum absolute atomic E-state index is 0.130. The maximum atomic E-state index is 13.2. The average Bonchev–Trinajstić information content (AvgIpc) is 3.13. The fourth-order valence-corrected chi connectivity index (χ4v) is 4.52. The van der Waals surface area contributed by atoms with E-state index in [1.54, 1.807) is 0 Å². The number of rotatable bonds is 4. The van der Waals surface area contributed by atoms with E-state index in [9.17, 15) is 9.18 Å². The molecule has 3 heterocycles. The number of hydrogen-bond donors (Lipinski definition) is 0. The maximum absolute atomic E-state index is 13.2. The molecule has 3 fully saturated rings. The van der Waals surface area contributed by atoms with Crippen molar-refractivity contribution in [2.24, 2.45) is 0 Å². The van der Waals surface area contributed by atoms with Crippen molar-refractivity contribution in [2.75, 3.05) is 64.5 Å². The Labute approximate surface area is 166 Å². The Morgan fingerprint density at radius 2 is 1.86 bits per heavy atom. The first-order valence-electron chi connectivity index (χ1n) is 10.2. The van der Waals surface area contributed by atoms with Crippen molar-refractivity contribution in [3.63, 3.8) is 0 Å². The molecule has 1 spiro atoms. The number of morpholine rings is 1. The smallest absolute Gasteiger partial charge is 0.236 e. The lowest BCUT2D eigenvalue weighted by atomic mass is 9.87. The van der Waals surface area contributed by atoms with Gasteiger partial charge in [-0.2, -0.15) is 0 Å². The molecule has 1 aromatic rings. The minimum Gasteiger partial charge on any atom is -0.379 e. The third-order valence-electron chi connectivity index (χ3n) is 6.46. The molecule has 0 saturated carbocycles. The van der Waals surface area contributed by atoms with Gasteiger partial charge in [-0.1, -0.05) is 0 Å². The number of ether oxygens (including phenoxy) is 2. The molecule has 0 radical (unpaired) electrons. The van der Waals surface area contributed by atoms with Gasteiger partial charge in [-0.05, 0) is 43.5 Å². The van der Waals surface area contributed by atoms with Gasteiger partial charge >= 0.3 is 0 Å². The van der Waals surface area contributed by atoms with Crippen LogP contribution in [-0.4, -0.2) is 86.9 Å². The number of hydrogen-bond acceptors (Lipinski definition) is 5. The summed E-state index contributed by atoms with van der Waals surface area (Å²) in [5.41, 5.74) is 0.875. The summed E-state index contributed by atoms with van der Waals surface area (Å²) < 4.78 is 24.8. The van der Waals surface area contributed by atoms with Crippen LogP contribution >= 0.6 is 0 Å². The number of amides is 1. The summed E-state index contributed by atoms with van der Waals surface area (Å²) in [6, 6.07) is 6.90. The standard InChI is InChI=1S/C21H30FN3O3/c1-23(18-4-2-17(22)3-5-18)19-14-21(28-16-19)6-8-25(9-7-21)20(26)15-24-10-12-27-13-11-24/h2-5,19H,6-16H2,1H3/t19-/m0/s1. The monoisotopic (exact) mass is 391 g/mol. The summed E-state index contributed by atoms with van der Waals surface area (Å²) >= 11 is 0. The Balaban J connectivity index is 1.28. The van der Waals surface area contributed by atoms with Crippen molar-refractivity contribution in [3.05, 3.63) is 30.1 Å². The molecule has 3 saturated heterocycles. The molecule has 0 N–H and O–H groups in total. The Hall–Kier alpha value is -1.70. The SMILES string of the molecule is CN(c1ccc(F)cc1)[C@@H]1COC2(CCN(C(=O)CN3CCOCC3)CC2)C1. The van der Waals surface area contributed by atoms with Crippen LogP contribution in [0.4, 0.5) is 10.1 Å². The lowest BCUT2D eigenvalue weighted by Gasteiger charge is -2.40. The molecule has 0 unspecified atom stereocenters. The summed E-state index contributed by atoms with van der Waals surface area (Å²) in [6.07, 6.45) is 2.72. The zero-order chi connectivity index (χ0) is 19.6. The molecule has 154 valence electrons. The summed E-state index contributed by atoms with van der Waals surface area (Å²) in [4.78, 5) is 19.0. The highest BCUT2D eigenvalue weighted by Gasteiger charge is 2.44. The summed E-state index contributed by atoms with van der Waals surface area (Å²) in [5.74, 6) is 0.000127. The van der Waals surface area contributed by atoms with Crippen molar-refractivity contribution in [1.82, 2.24) is 9.80 Å². The van der Waals surface area contributed by atoms with Crippen LogP contribution in [0.2, 0.25) is 0 Å². The van der Waals surface area contributed by atoms with Gasteiger partial charge in [0.25, 0.3) is 0 Å². The van der Waals surface area contributed by atoms with Gasteiger partial charge in [0.1, 0.15) is 5.82 Å². The van der Waals surface area contributed by atoms with E-state index in [0.717, 1.165) is 51.1 Å². The van der Waals surface area contributed by atoms with E-state index in [0.29, 0.717) is 26.4 Å². The van der Waals surface area contributed by atoms with Crippen LogP contribution in [0.1, 0.15) is 19.3 Å². The highest BCUT2D eigenvalue weighted by atomic mass is 19.1. The second-order valence-corrected chi connectivity index (χ2v) is 8.21. The van der Waals surface area contributed by atoms with E-state index >= 15 is 0 Å². The molecular weight excluding hydrogens is 361 g/mol. The van der Waals surface area contributed by atoms with Crippen LogP contribution in [0.3, 0.4) is 0 Å². The Bertz CT molecular complexity index is 670. The first kappa shape index (κ1) is 19.6. The quantitative estimate of drug-likeness (QED) is 0.783. The average molecular weight is 391 g/mol. The van der Waals surface area contributed by atoms with E-state index in [-0.39, 0.29) is 23.4 Å². The number of benzene rings is 1. The summed E-state index contributed by atoms with van der Waals surface area (Å²) in [7, 11) is 2.04. The molecule has 0 aromatic heterocycles. The Morgan fingerprint density at radius 1 is 1.18 bits per heavy atom. The number of piperidine rings is 1. The van der Waals surface area contributed by atoms with E-state index in [2.05, 4.69) is 9.80 Å². The molecule has 4 rings (SSSR count). The molecule has 1 aromatic carbocycles. The third kappa shape index (κ3) is 4.31. The first-order chi connectivity index (χ1) is 13.5. The molecule has 3 aliphatic rings. The Morgan fingerprint density at radius 3 is 2.54 bits per heavy atom. The first-order valence-corrected chi connectivity index (χ1v) is 10.2. The van der Waals surface area contributed by atoms with Gasteiger partial charge < -0.3 is 19.3 Å². The number of likely N-dealkylation sites (tertiary alicyclic amines) is 1. The normalized spacial score (nSPS) is 25.2. The molecule has 1 atom stereocenters. The second-order valence-electron chi connectivity index (χ2n) is 8.21. The molecule has 28 heavy (non-hydrogen) atoms. The fourth-order valence-electron chi connectivity index (χ4n) is 4.52. The number of carbonyl (C=O) groups excluding carboxylic acids is 1. The van der Waals surface area contributed by atoms with Crippen molar-refractivity contribution in [1.29, 1.82) is 0 Å². The zero-order valence-corrected chi connectivity index (χ0v) is 16.6. The van der Waals surface area contributed by atoms with E-state index in [4.69, 9.17) is 9.47 Å². The number of carbonyl (C=O) groups is 1. The topological polar surface area (TPSA) is 45.2 Å². The molecule has 1 amide bonds. The summed E-state index contributed by atoms with van der Waals surface area (Å²) in [6.45, 7) is 5.80. The van der Waals surface area contributed by atoms with Crippen LogP contribution in [-0.2, 0) is 14.3 Å². The van der Waals surface area contributed by atoms with Gasteiger partial charge in [-0.25, -0.2) is 4.39 Å². The zero-order valence-electron chi connectivity index (χ0n) is 16.6. The van der Waals surface area contributed by atoms with Crippen molar-refractivity contribution >= 4 is 11.6 Å². The molecule has 0 aliphatic carbocycles. The largest absolute Gasteiger partial charge is 0.379 e. The van der Waals surface area contributed by atoms with Crippen LogP contribution < -0.4 is 4.90 Å². The fraction of sp³-hybridized carbons (Fsp3) is 0.667. The van der Waals surface area contributed by atoms with Gasteiger partial charge in [0, 0.05) is 38.9 Å². The molecule has 6 nitrogen and oxygen atoms in total. The van der Waals surface area contributed by atoms with E-state index in [1.165, 1.54) is 12.1 Å². The number of anilines is 1. The van der Waals surface area contributed by atoms with Crippen LogP contribution in [0.25, 0.3) is 0 Å². The van der Waals surface area contributed by atoms with E-state index < -0.39 is 0 Å². The van der Waals surface area contributed by atoms with Gasteiger partial charge in [0.05, 0.1) is 38.0 Å². The highest BCUT2D eigenvalue weighted by Crippen LogP contribution is 2.38. The van der Waals surface area contributed by atoms with Crippen LogP contribution in [0, 0.1) is 5.82 Å². The van der Waals surface area contributed by atoms with E-state index in [1.807, 2.05) is 24.1 Å². The predicted octanol–water partition coefficient (Wildman–Crippen LogP) is 1.74. The van der Waals surface area contributed by atoms with Crippen molar-refractivity contribution < 1.29 is 18.7 Å². The Kier molecular flexibility index (Phi) is 5.85. The number of nitrogens with zero attached hydrogens (tertiary/aromatic N) is 3. The van der Waals surface area contributed by atoms with Gasteiger partial charge in [0.15, 0.2) is 0 Å². The lowest BCUT2D eigenvalue weighted by Crippen LogP contribution is -2.50. The third-order valence-corrected chi connectivity index (χ3v) is 6.46. The minimum atomic E-state index is -0.217. The second kappa shape index (κ2) is 8.35. The predicted molar refractivity (Wildman–Crippen MR) is 105 cm³/mol. The number of halogens is 1. The maximum Gasteiger partial charge on any atom is 0.236 e. The van der Waals surface area contributed by atoms with Crippen molar-refractivity contribution in [2.45, 2.75) is 30.9 Å². The van der Waals surface area contributed by atoms with Gasteiger partial charge in [-0.3, -0.25) is 9.69 Å². The molecule has 3 aliphatic heterocycles. The van der Waals surface area contributed by atoms with Crippen LogP contribution in [0.5, 0.6) is 0 Å². The van der Waals surface area contributed by atoms with Gasteiger partial charge in [-0.15, -0.1) is 0 Å². The lowest BCUT2D eigenvalue weighted by molar-refractivity contribution is -0.138.